The topological polar surface area (TPSA) is 98.0 Å². The number of fused-ring (bicyclic) bond motifs is 2. The molecule has 1 aliphatic carbocycles. The summed E-state index contributed by atoms with van der Waals surface area (Å²) in [6.07, 6.45) is 11.1. The van der Waals surface area contributed by atoms with Crippen molar-refractivity contribution < 1.29 is 23.5 Å². The fourth-order valence-corrected chi connectivity index (χ4v) is 6.23. The lowest BCUT2D eigenvalue weighted by atomic mass is 9.89. The molecule has 0 aromatic heterocycles. The number of hydrogen-bond donors (Lipinski definition) is 1. The lowest BCUT2D eigenvalue weighted by Gasteiger charge is -2.19. The van der Waals surface area contributed by atoms with Crippen molar-refractivity contribution in [2.45, 2.75) is 85.5 Å². The number of nitrogens with one attached hydrogen (secondary N) is 1. The first kappa shape index (κ1) is 37.0. The van der Waals surface area contributed by atoms with E-state index >= 15 is 0 Å². The zero-order valence-electron chi connectivity index (χ0n) is 29.7. The first-order valence-electron chi connectivity index (χ1n) is 17.5. The van der Waals surface area contributed by atoms with Crippen molar-refractivity contribution in [2.75, 3.05) is 25.5 Å². The fourth-order valence-electron chi connectivity index (χ4n) is 6.23. The van der Waals surface area contributed by atoms with E-state index in [-0.39, 0.29) is 17.5 Å². The van der Waals surface area contributed by atoms with Crippen LogP contribution in [0.2, 0.25) is 0 Å². The van der Waals surface area contributed by atoms with Gasteiger partial charge in [-0.1, -0.05) is 63.3 Å². The Balaban J connectivity index is 1.37. The van der Waals surface area contributed by atoms with Crippen molar-refractivity contribution in [3.63, 3.8) is 0 Å². The minimum atomic E-state index is -0.330. The van der Waals surface area contributed by atoms with Crippen LogP contribution >= 0.6 is 0 Å². The number of aryl methyl sites for hydroxylation is 2. The summed E-state index contributed by atoms with van der Waals surface area (Å²) in [5, 5.41) is 5.23. The lowest BCUT2D eigenvalue weighted by Crippen LogP contribution is -2.10. The molecule has 258 valence electrons. The van der Waals surface area contributed by atoms with Crippen LogP contribution in [0, 0.1) is 13.8 Å². The van der Waals surface area contributed by atoms with Crippen LogP contribution in [-0.4, -0.2) is 37.7 Å². The third-order valence-electron chi connectivity index (χ3n) is 8.91. The van der Waals surface area contributed by atoms with E-state index in [1.807, 2.05) is 43.3 Å². The second kappa shape index (κ2) is 18.1. The molecule has 0 spiro atoms. The Morgan fingerprint density at radius 2 is 1.59 bits per heavy atom. The molecular weight excluding hydrogens is 612 g/mol. The summed E-state index contributed by atoms with van der Waals surface area (Å²) in [7, 11) is 1.78. The predicted molar refractivity (Wildman–Crippen MR) is 199 cm³/mol. The fraction of sp³-hybridized carbons (Fsp3) is 0.381. The molecule has 2 aromatic rings. The molecule has 7 nitrogen and oxygen atoms in total. The van der Waals surface area contributed by atoms with Gasteiger partial charge in [0.05, 0.1) is 17.5 Å². The molecule has 0 radical (unpaired) electrons. The largest absolute Gasteiger partial charge is 0.462 e. The highest BCUT2D eigenvalue weighted by Gasteiger charge is 2.23. The molecule has 7 heteroatoms. The van der Waals surface area contributed by atoms with E-state index in [0.29, 0.717) is 29.9 Å². The van der Waals surface area contributed by atoms with Crippen molar-refractivity contribution in [3.8, 4) is 22.5 Å². The molecule has 0 unspecified atom stereocenters. The number of hydrogen-bond acceptors (Lipinski definition) is 7. The summed E-state index contributed by atoms with van der Waals surface area (Å²) in [6.45, 7) is 12.4. The van der Waals surface area contributed by atoms with Gasteiger partial charge in [-0.2, -0.15) is 0 Å². The average molecular weight is 663 g/mol. The molecule has 1 heterocycles. The number of benzene rings is 3. The van der Waals surface area contributed by atoms with Crippen LogP contribution in [-0.2, 0) is 14.3 Å². The molecule has 1 N–H and O–H groups in total. The second-order valence-electron chi connectivity index (χ2n) is 12.7. The van der Waals surface area contributed by atoms with Gasteiger partial charge in [-0.15, -0.1) is 0 Å². The summed E-state index contributed by atoms with van der Waals surface area (Å²) in [5.74, 6) is 0.173. The van der Waals surface area contributed by atoms with Gasteiger partial charge >= 0.3 is 5.97 Å². The lowest BCUT2D eigenvalue weighted by molar-refractivity contribution is -0.115. The number of allylic oxidation sites excluding steroid dienone is 3. The number of nitrogens with zero attached hydrogens (tertiary/aromatic N) is 1. The molecule has 49 heavy (non-hydrogen) atoms. The normalized spacial score (nSPS) is 12.0. The van der Waals surface area contributed by atoms with Gasteiger partial charge in [-0.05, 0) is 93.2 Å². The number of esters is 1. The van der Waals surface area contributed by atoms with Crippen LogP contribution in [0.4, 0.5) is 5.69 Å². The van der Waals surface area contributed by atoms with Gasteiger partial charge in [0.15, 0.2) is 11.6 Å². The number of carbonyl (C=O) groups excluding carboxylic acids is 3. The minimum absolute atomic E-state index is 0.00325. The summed E-state index contributed by atoms with van der Waals surface area (Å²) in [5.41, 5.74) is 7.52. The maximum Gasteiger partial charge on any atom is 0.338 e. The third-order valence-corrected chi connectivity index (χ3v) is 8.91. The quantitative estimate of drug-likeness (QED) is 0.0493. The van der Waals surface area contributed by atoms with Crippen molar-refractivity contribution in [2.24, 2.45) is 4.99 Å². The van der Waals surface area contributed by atoms with E-state index < -0.39 is 0 Å². The Labute approximate surface area is 290 Å². The molecule has 4 rings (SSSR count). The van der Waals surface area contributed by atoms with Gasteiger partial charge in [0.2, 0.25) is 0 Å². The maximum atomic E-state index is 13.6. The zero-order valence-corrected chi connectivity index (χ0v) is 29.7. The van der Waals surface area contributed by atoms with Gasteiger partial charge in [0.1, 0.15) is 11.3 Å². The van der Waals surface area contributed by atoms with E-state index in [1.54, 1.807) is 14.0 Å². The number of rotatable bonds is 18. The molecule has 2 aliphatic rings. The smallest absolute Gasteiger partial charge is 0.338 e. The summed E-state index contributed by atoms with van der Waals surface area (Å²) in [6, 6.07) is 15.9. The maximum absolute atomic E-state index is 13.6. The van der Waals surface area contributed by atoms with Gasteiger partial charge in [-0.3, -0.25) is 14.6 Å². The molecule has 0 fully saturated rings. The highest BCUT2D eigenvalue weighted by atomic mass is 16.5. The molecule has 2 aromatic carbocycles. The number of anilines is 1. The molecule has 0 amide bonds. The summed E-state index contributed by atoms with van der Waals surface area (Å²) < 4.78 is 12.3. The van der Waals surface area contributed by atoms with Crippen LogP contribution in [0.5, 0.6) is 0 Å². The Hall–Kier alpha value is -4.78. The highest BCUT2D eigenvalue weighted by molar-refractivity contribution is 6.09. The Bertz CT molecular complexity index is 1880. The van der Waals surface area contributed by atoms with Crippen LogP contribution in [0.3, 0.4) is 0 Å². The second-order valence-corrected chi connectivity index (χ2v) is 12.7. The van der Waals surface area contributed by atoms with Crippen LogP contribution in [0.25, 0.3) is 33.4 Å². The van der Waals surface area contributed by atoms with Crippen LogP contribution in [0.1, 0.15) is 93.1 Å². The highest BCUT2D eigenvalue weighted by Crippen LogP contribution is 2.43. The van der Waals surface area contributed by atoms with Gasteiger partial charge < -0.3 is 14.5 Å². The number of ether oxygens (including phenoxy) is 1. The van der Waals surface area contributed by atoms with Gasteiger partial charge in [0, 0.05) is 54.3 Å². The number of unbranched alkanes of at least 4 members (excludes halogenated alkanes) is 7. The van der Waals surface area contributed by atoms with E-state index in [1.165, 1.54) is 12.2 Å². The molecule has 0 atom stereocenters. The van der Waals surface area contributed by atoms with Crippen molar-refractivity contribution >= 4 is 34.2 Å². The molecular formula is C42H50N2O5. The van der Waals surface area contributed by atoms with E-state index in [0.717, 1.165) is 108 Å². The van der Waals surface area contributed by atoms with Crippen molar-refractivity contribution in [1.29, 1.82) is 0 Å². The average Bonchev–Trinajstić information content (AvgIpc) is 3.09. The third kappa shape index (κ3) is 9.65. The number of ketones is 2. The van der Waals surface area contributed by atoms with Gasteiger partial charge in [0.25, 0.3) is 0 Å². The van der Waals surface area contributed by atoms with Crippen LogP contribution < -0.4 is 10.7 Å². The Morgan fingerprint density at radius 3 is 2.29 bits per heavy atom. The first-order chi connectivity index (χ1) is 23.7. The predicted octanol–water partition coefficient (Wildman–Crippen LogP) is 9.72. The molecule has 0 saturated carbocycles. The van der Waals surface area contributed by atoms with Crippen molar-refractivity contribution in [1.82, 2.24) is 0 Å². The Morgan fingerprint density at radius 1 is 0.898 bits per heavy atom. The number of carbonyl (C=O) groups is 3. The van der Waals surface area contributed by atoms with Crippen molar-refractivity contribution in [3.05, 3.63) is 94.9 Å². The van der Waals surface area contributed by atoms with Crippen LogP contribution in [0.15, 0.2) is 82.2 Å². The summed E-state index contributed by atoms with van der Waals surface area (Å²) in [4.78, 5) is 41.5. The molecule has 1 aliphatic heterocycles. The van der Waals surface area contributed by atoms with Gasteiger partial charge in [-0.25, -0.2) is 4.79 Å². The minimum Gasteiger partial charge on any atom is -0.462 e. The Kier molecular flexibility index (Phi) is 13.7. The SMILES string of the molecule is C=CC(=O)/C(C)=C\C(=O)CCCCCCCCCCOC(=O)c1ccccc1-c1c2cc(C)c(=NC)cc-2oc2cc(NCC)c(C)cc12. The monoisotopic (exact) mass is 662 g/mol. The van der Waals surface area contributed by atoms with E-state index in [2.05, 4.69) is 42.9 Å². The molecule has 0 saturated heterocycles. The standard InChI is InChI=1S/C42H50N2O5/c1-7-38(46)30(5)23-31(45)19-15-13-11-9-10-12-14-18-22-48-42(47)33-21-17-16-20-32(33)41-34-24-28(3)36(43-6)26-39(34)49-40-27-37(44-8-2)29(4)25-35(40)41/h7,16-17,20-21,23-27,44H,1,8-15,18-19,22H2,2-6H3/b30-23-,43-36?. The van der Waals surface area contributed by atoms with E-state index in [9.17, 15) is 14.4 Å². The zero-order chi connectivity index (χ0) is 35.3. The summed E-state index contributed by atoms with van der Waals surface area (Å²) >= 11 is 0. The first-order valence-corrected chi connectivity index (χ1v) is 17.5. The van der Waals surface area contributed by atoms with E-state index in [4.69, 9.17) is 9.15 Å². The molecule has 0 bridgehead atoms.